The Morgan fingerprint density at radius 3 is 2.47 bits per heavy atom. The summed E-state index contributed by atoms with van der Waals surface area (Å²) in [5.41, 5.74) is 0.193. The van der Waals surface area contributed by atoms with E-state index in [1.807, 2.05) is 22.6 Å². The molecule has 0 saturated carbocycles. The highest BCUT2D eigenvalue weighted by molar-refractivity contribution is 14.1. The third-order valence-electron chi connectivity index (χ3n) is 2.74. The van der Waals surface area contributed by atoms with Crippen LogP contribution in [0.15, 0.2) is 18.2 Å². The second kappa shape index (κ2) is 4.79. The van der Waals surface area contributed by atoms with Crippen LogP contribution in [0.5, 0.6) is 5.75 Å². The molecule has 1 saturated heterocycles. The second-order valence-electron chi connectivity index (χ2n) is 4.01. The molecule has 2 rings (SSSR count). The number of phenols is 1. The van der Waals surface area contributed by atoms with Crippen LogP contribution in [0.2, 0.25) is 0 Å². The zero-order chi connectivity index (χ0) is 12.6. The van der Waals surface area contributed by atoms with Crippen LogP contribution < -0.4 is 0 Å². The maximum absolute atomic E-state index is 12.1. The predicted octanol–water partition coefficient (Wildman–Crippen LogP) is 0.174. The molecular weight excluding hydrogens is 337 g/mol. The maximum atomic E-state index is 12.1. The number of benzene rings is 1. The summed E-state index contributed by atoms with van der Waals surface area (Å²) < 4.78 is 0.837. The van der Waals surface area contributed by atoms with Crippen LogP contribution in [0, 0.1) is 3.57 Å². The standard InChI is InChI=1S/C11H12INO4/c12-6-1-2-8(14)7(3-6)11(17)13-4-9(15)10(16)5-13/h1-3,9-10,14-16H,4-5H2. The van der Waals surface area contributed by atoms with Gasteiger partial charge in [0.15, 0.2) is 0 Å². The molecule has 17 heavy (non-hydrogen) atoms. The van der Waals surface area contributed by atoms with Crippen molar-refractivity contribution in [3.8, 4) is 5.75 Å². The number of amides is 1. The Labute approximate surface area is 112 Å². The van der Waals surface area contributed by atoms with Crippen LogP contribution in [0.3, 0.4) is 0 Å². The molecule has 1 aromatic rings. The first-order valence-corrected chi connectivity index (χ1v) is 6.21. The average Bonchev–Trinajstić information content (AvgIpc) is 2.62. The molecule has 2 unspecified atom stereocenters. The number of likely N-dealkylation sites (tertiary alicyclic amines) is 1. The normalized spacial score (nSPS) is 24.1. The number of carbonyl (C=O) groups excluding carboxylic acids is 1. The van der Waals surface area contributed by atoms with Gasteiger partial charge in [-0.1, -0.05) is 0 Å². The van der Waals surface area contributed by atoms with Crippen molar-refractivity contribution in [3.05, 3.63) is 27.3 Å². The van der Waals surface area contributed by atoms with Gasteiger partial charge in [-0.15, -0.1) is 0 Å². The van der Waals surface area contributed by atoms with E-state index in [2.05, 4.69) is 0 Å². The lowest BCUT2D eigenvalue weighted by Gasteiger charge is -2.16. The Morgan fingerprint density at radius 2 is 1.88 bits per heavy atom. The number of aromatic hydroxyl groups is 1. The Kier molecular flexibility index (Phi) is 3.55. The van der Waals surface area contributed by atoms with Gasteiger partial charge in [-0.2, -0.15) is 0 Å². The molecule has 92 valence electrons. The summed E-state index contributed by atoms with van der Waals surface area (Å²) >= 11 is 2.05. The summed E-state index contributed by atoms with van der Waals surface area (Å²) in [5, 5.41) is 28.4. The van der Waals surface area contributed by atoms with Crippen molar-refractivity contribution in [3.63, 3.8) is 0 Å². The fraction of sp³-hybridized carbons (Fsp3) is 0.364. The van der Waals surface area contributed by atoms with Gasteiger partial charge in [-0.25, -0.2) is 0 Å². The topological polar surface area (TPSA) is 81.0 Å². The van der Waals surface area contributed by atoms with E-state index in [0.717, 1.165) is 3.57 Å². The third kappa shape index (κ3) is 2.53. The van der Waals surface area contributed by atoms with Crippen LogP contribution in [-0.2, 0) is 0 Å². The van der Waals surface area contributed by atoms with Crippen molar-refractivity contribution in [1.82, 2.24) is 4.90 Å². The minimum absolute atomic E-state index is 0.0882. The fourth-order valence-corrected chi connectivity index (χ4v) is 2.28. The summed E-state index contributed by atoms with van der Waals surface area (Å²) in [6, 6.07) is 4.73. The third-order valence-corrected chi connectivity index (χ3v) is 3.41. The van der Waals surface area contributed by atoms with Gasteiger partial charge in [-0.05, 0) is 40.8 Å². The maximum Gasteiger partial charge on any atom is 0.257 e. The first-order valence-electron chi connectivity index (χ1n) is 5.13. The Hall–Kier alpha value is -0.860. The number of hydrogen-bond donors (Lipinski definition) is 3. The first-order chi connectivity index (χ1) is 7.99. The first kappa shape index (κ1) is 12.6. The van der Waals surface area contributed by atoms with E-state index in [1.54, 1.807) is 12.1 Å². The molecule has 6 heteroatoms. The Balaban J connectivity index is 2.23. The van der Waals surface area contributed by atoms with E-state index < -0.39 is 12.2 Å². The van der Waals surface area contributed by atoms with Crippen molar-refractivity contribution in [2.75, 3.05) is 13.1 Å². The minimum Gasteiger partial charge on any atom is -0.507 e. The van der Waals surface area contributed by atoms with Gasteiger partial charge in [0.25, 0.3) is 5.91 Å². The average molecular weight is 349 g/mol. The van der Waals surface area contributed by atoms with Crippen molar-refractivity contribution < 1.29 is 20.1 Å². The summed E-state index contributed by atoms with van der Waals surface area (Å²) in [5.74, 6) is -0.470. The summed E-state index contributed by atoms with van der Waals surface area (Å²) in [6.07, 6.45) is -1.83. The van der Waals surface area contributed by atoms with Crippen LogP contribution in [0.25, 0.3) is 0 Å². The van der Waals surface area contributed by atoms with Gasteiger partial charge in [0, 0.05) is 16.7 Å². The lowest BCUT2D eigenvalue weighted by molar-refractivity contribution is 0.0572. The van der Waals surface area contributed by atoms with E-state index in [1.165, 1.54) is 11.0 Å². The highest BCUT2D eigenvalue weighted by atomic mass is 127. The number of rotatable bonds is 1. The van der Waals surface area contributed by atoms with Crippen LogP contribution in [0.1, 0.15) is 10.4 Å². The molecule has 2 atom stereocenters. The molecule has 1 amide bonds. The second-order valence-corrected chi connectivity index (χ2v) is 5.25. The monoisotopic (exact) mass is 349 g/mol. The molecule has 1 aliphatic heterocycles. The number of halogens is 1. The van der Waals surface area contributed by atoms with Gasteiger partial charge in [0.2, 0.25) is 0 Å². The van der Waals surface area contributed by atoms with Crippen molar-refractivity contribution in [1.29, 1.82) is 0 Å². The van der Waals surface area contributed by atoms with Crippen LogP contribution >= 0.6 is 22.6 Å². The van der Waals surface area contributed by atoms with E-state index in [4.69, 9.17) is 0 Å². The SMILES string of the molecule is O=C(c1cc(I)ccc1O)N1CC(O)C(O)C1. The van der Waals surface area contributed by atoms with Gasteiger partial charge in [0.1, 0.15) is 5.75 Å². The molecule has 0 aliphatic carbocycles. The van der Waals surface area contributed by atoms with E-state index in [0.29, 0.717) is 0 Å². The number of carbonyl (C=O) groups is 1. The lowest BCUT2D eigenvalue weighted by atomic mass is 10.2. The molecule has 0 aromatic heterocycles. The Bertz CT molecular complexity index is 441. The van der Waals surface area contributed by atoms with E-state index in [9.17, 15) is 20.1 Å². The molecule has 0 bridgehead atoms. The van der Waals surface area contributed by atoms with Gasteiger partial charge in [0.05, 0.1) is 17.8 Å². The van der Waals surface area contributed by atoms with E-state index in [-0.39, 0.29) is 30.3 Å². The fourth-order valence-electron chi connectivity index (χ4n) is 1.79. The molecule has 0 radical (unpaired) electrons. The van der Waals surface area contributed by atoms with E-state index >= 15 is 0 Å². The highest BCUT2D eigenvalue weighted by Gasteiger charge is 2.33. The number of phenolic OH excluding ortho intramolecular Hbond substituents is 1. The zero-order valence-corrected chi connectivity index (χ0v) is 11.0. The minimum atomic E-state index is -0.913. The summed E-state index contributed by atoms with van der Waals surface area (Å²) in [7, 11) is 0. The van der Waals surface area contributed by atoms with Crippen molar-refractivity contribution >= 4 is 28.5 Å². The van der Waals surface area contributed by atoms with Gasteiger partial charge in [-0.3, -0.25) is 4.79 Å². The molecule has 1 fully saturated rings. The zero-order valence-electron chi connectivity index (χ0n) is 8.88. The number of aliphatic hydroxyl groups excluding tert-OH is 2. The molecule has 1 aliphatic rings. The number of β-amino-alcohol motifs (C(OH)–C–C–N with tert-alkyl or cyclic N) is 2. The van der Waals surface area contributed by atoms with Crippen LogP contribution in [-0.4, -0.2) is 51.4 Å². The molecule has 1 aromatic carbocycles. The predicted molar refractivity (Wildman–Crippen MR) is 68.7 cm³/mol. The quantitative estimate of drug-likeness (QED) is 0.632. The number of hydrogen-bond acceptors (Lipinski definition) is 4. The Morgan fingerprint density at radius 1 is 1.29 bits per heavy atom. The van der Waals surface area contributed by atoms with Crippen molar-refractivity contribution in [2.45, 2.75) is 12.2 Å². The van der Waals surface area contributed by atoms with Crippen LogP contribution in [0.4, 0.5) is 0 Å². The largest absolute Gasteiger partial charge is 0.507 e. The van der Waals surface area contributed by atoms with Gasteiger partial charge >= 0.3 is 0 Å². The van der Waals surface area contributed by atoms with Gasteiger partial charge < -0.3 is 20.2 Å². The molecule has 3 N–H and O–H groups in total. The molecule has 0 spiro atoms. The summed E-state index contributed by atoms with van der Waals surface area (Å²) in [6.45, 7) is 0.176. The molecule has 1 heterocycles. The molecular formula is C11H12INO4. The number of aliphatic hydroxyl groups is 2. The number of nitrogens with zero attached hydrogens (tertiary/aromatic N) is 1. The lowest BCUT2D eigenvalue weighted by Crippen LogP contribution is -2.29. The molecule has 5 nitrogen and oxygen atoms in total. The van der Waals surface area contributed by atoms with Crippen molar-refractivity contribution in [2.24, 2.45) is 0 Å². The highest BCUT2D eigenvalue weighted by Crippen LogP contribution is 2.23. The summed E-state index contributed by atoms with van der Waals surface area (Å²) in [4.78, 5) is 13.4. The smallest absolute Gasteiger partial charge is 0.257 e.